The first-order valence-corrected chi connectivity index (χ1v) is 12.2. The summed E-state index contributed by atoms with van der Waals surface area (Å²) in [6.07, 6.45) is 0. The maximum atomic E-state index is 12.6. The maximum absolute atomic E-state index is 12.6. The van der Waals surface area contributed by atoms with Gasteiger partial charge in [-0.15, -0.1) is 10.2 Å². The fourth-order valence-electron chi connectivity index (χ4n) is 3.41. The van der Waals surface area contributed by atoms with Crippen LogP contribution in [0, 0.1) is 24.3 Å². The third-order valence-corrected chi connectivity index (χ3v) is 6.73. The molecule has 0 radical (unpaired) electrons. The van der Waals surface area contributed by atoms with Crippen molar-refractivity contribution < 1.29 is 9.59 Å². The smallest absolute Gasteiger partial charge is 0.252 e. The molecule has 0 saturated carbocycles. The summed E-state index contributed by atoms with van der Waals surface area (Å²) in [4.78, 5) is 25.1. The van der Waals surface area contributed by atoms with Crippen LogP contribution in [0.5, 0.6) is 0 Å². The second-order valence-corrected chi connectivity index (χ2v) is 9.85. The Hall–Kier alpha value is -2.40. The molecule has 0 unspecified atom stereocenters. The second kappa shape index (κ2) is 10.5. The topological polar surface area (TPSA) is 88.9 Å². The first-order chi connectivity index (χ1) is 15.2. The van der Waals surface area contributed by atoms with Gasteiger partial charge >= 0.3 is 0 Å². The maximum Gasteiger partial charge on any atom is 0.252 e. The van der Waals surface area contributed by atoms with Crippen LogP contribution in [-0.4, -0.2) is 32.3 Å². The number of aryl methyl sites for hydroxylation is 3. The number of hydrogen-bond donors (Lipinski definition) is 2. The number of halogens is 1. The van der Waals surface area contributed by atoms with Gasteiger partial charge in [0.1, 0.15) is 0 Å². The van der Waals surface area contributed by atoms with E-state index in [0.717, 1.165) is 25.9 Å². The molecular weight excluding hydrogens is 537 g/mol. The van der Waals surface area contributed by atoms with Gasteiger partial charge in [0.15, 0.2) is 11.0 Å². The van der Waals surface area contributed by atoms with E-state index < -0.39 is 0 Å². The Bertz CT molecular complexity index is 1140. The molecule has 32 heavy (non-hydrogen) atoms. The van der Waals surface area contributed by atoms with Crippen LogP contribution in [0.25, 0.3) is 0 Å². The van der Waals surface area contributed by atoms with E-state index in [1.54, 1.807) is 6.07 Å². The Morgan fingerprint density at radius 2 is 1.75 bits per heavy atom. The van der Waals surface area contributed by atoms with Crippen molar-refractivity contribution in [1.82, 2.24) is 20.1 Å². The van der Waals surface area contributed by atoms with Gasteiger partial charge < -0.3 is 15.2 Å². The zero-order valence-electron chi connectivity index (χ0n) is 18.7. The highest BCUT2D eigenvalue weighted by Crippen LogP contribution is 2.24. The quantitative estimate of drug-likeness (QED) is 0.325. The fraction of sp³-hybridized carbons (Fsp3) is 0.304. The van der Waals surface area contributed by atoms with Gasteiger partial charge in [-0.2, -0.15) is 0 Å². The van der Waals surface area contributed by atoms with E-state index in [-0.39, 0.29) is 23.6 Å². The minimum absolute atomic E-state index is 0.104. The minimum atomic E-state index is -0.333. The standard InChI is InChI=1S/C23H26IN5O2S/c1-13-8-6-7-9-18(13)22(31)25-16(4)21-27-28-23(29(21)5)32-12-19(30)26-20-14(2)10-17(24)11-15(20)3/h6-11,16H,12H2,1-5H3,(H,25,31)(H,26,30)/t16-/m1/s1. The van der Waals surface area contributed by atoms with E-state index in [2.05, 4.69) is 43.4 Å². The van der Waals surface area contributed by atoms with Gasteiger partial charge in [-0.3, -0.25) is 9.59 Å². The van der Waals surface area contributed by atoms with Gasteiger partial charge in [0, 0.05) is 21.9 Å². The van der Waals surface area contributed by atoms with Crippen molar-refractivity contribution in [3.8, 4) is 0 Å². The summed E-state index contributed by atoms with van der Waals surface area (Å²) < 4.78 is 2.95. The second-order valence-electron chi connectivity index (χ2n) is 7.66. The molecule has 0 aliphatic carbocycles. The Morgan fingerprint density at radius 3 is 2.41 bits per heavy atom. The Kier molecular flexibility index (Phi) is 7.94. The molecule has 3 aromatic rings. The normalized spacial score (nSPS) is 11.8. The highest BCUT2D eigenvalue weighted by Gasteiger charge is 2.20. The Labute approximate surface area is 205 Å². The van der Waals surface area contributed by atoms with Crippen LogP contribution in [0.4, 0.5) is 5.69 Å². The lowest BCUT2D eigenvalue weighted by Crippen LogP contribution is -2.29. The van der Waals surface area contributed by atoms with Crippen LogP contribution in [0.15, 0.2) is 41.6 Å². The summed E-state index contributed by atoms with van der Waals surface area (Å²) in [5.74, 6) is 0.573. The van der Waals surface area contributed by atoms with Gasteiger partial charge in [-0.25, -0.2) is 0 Å². The van der Waals surface area contributed by atoms with E-state index in [9.17, 15) is 9.59 Å². The number of carbonyl (C=O) groups is 2. The third kappa shape index (κ3) is 5.69. The van der Waals surface area contributed by atoms with Gasteiger partial charge in [0.25, 0.3) is 5.91 Å². The Balaban J connectivity index is 1.61. The van der Waals surface area contributed by atoms with E-state index >= 15 is 0 Å². The highest BCUT2D eigenvalue weighted by atomic mass is 127. The van der Waals surface area contributed by atoms with Crippen molar-refractivity contribution in [1.29, 1.82) is 0 Å². The molecule has 3 rings (SSSR count). The number of carbonyl (C=O) groups excluding carboxylic acids is 2. The lowest BCUT2D eigenvalue weighted by atomic mass is 10.1. The Morgan fingerprint density at radius 1 is 1.09 bits per heavy atom. The monoisotopic (exact) mass is 563 g/mol. The average molecular weight is 563 g/mol. The number of aromatic nitrogens is 3. The molecule has 0 saturated heterocycles. The molecule has 1 atom stereocenters. The van der Waals surface area contributed by atoms with Crippen molar-refractivity contribution in [2.24, 2.45) is 7.05 Å². The zero-order valence-corrected chi connectivity index (χ0v) is 21.7. The van der Waals surface area contributed by atoms with E-state index in [1.807, 2.05) is 69.6 Å². The van der Waals surface area contributed by atoms with Crippen LogP contribution in [0.3, 0.4) is 0 Å². The van der Waals surface area contributed by atoms with Crippen molar-refractivity contribution in [2.75, 3.05) is 11.1 Å². The molecule has 2 amide bonds. The molecule has 1 heterocycles. The molecule has 2 aromatic carbocycles. The van der Waals surface area contributed by atoms with Crippen LogP contribution in [-0.2, 0) is 11.8 Å². The van der Waals surface area contributed by atoms with Crippen LogP contribution >= 0.6 is 34.4 Å². The summed E-state index contributed by atoms with van der Waals surface area (Å²) in [6, 6.07) is 11.2. The molecule has 0 aliphatic rings. The third-order valence-electron chi connectivity index (χ3n) is 5.09. The van der Waals surface area contributed by atoms with Crippen LogP contribution in [0.2, 0.25) is 0 Å². The number of amides is 2. The molecule has 7 nitrogen and oxygen atoms in total. The highest BCUT2D eigenvalue weighted by molar-refractivity contribution is 14.1. The van der Waals surface area contributed by atoms with Crippen molar-refractivity contribution >= 4 is 51.9 Å². The summed E-state index contributed by atoms with van der Waals surface area (Å²) >= 11 is 3.58. The molecule has 2 N–H and O–H groups in total. The molecule has 0 aliphatic heterocycles. The van der Waals surface area contributed by atoms with E-state index in [1.165, 1.54) is 11.8 Å². The SMILES string of the molecule is Cc1ccccc1C(=O)N[C@H](C)c1nnc(SCC(=O)Nc2c(C)cc(I)cc2C)n1C. The van der Waals surface area contributed by atoms with E-state index in [0.29, 0.717) is 16.5 Å². The number of rotatable bonds is 7. The molecule has 168 valence electrons. The summed E-state index contributed by atoms with van der Waals surface area (Å²) in [5, 5.41) is 15.0. The molecule has 0 fully saturated rings. The zero-order chi connectivity index (χ0) is 23.4. The molecule has 0 spiro atoms. The lowest BCUT2D eigenvalue weighted by molar-refractivity contribution is -0.113. The van der Waals surface area contributed by atoms with Gasteiger partial charge in [0.2, 0.25) is 5.91 Å². The number of nitrogens with zero attached hydrogens (tertiary/aromatic N) is 3. The van der Waals surface area contributed by atoms with Crippen molar-refractivity contribution in [2.45, 2.75) is 38.9 Å². The number of hydrogen-bond acceptors (Lipinski definition) is 5. The number of anilines is 1. The minimum Gasteiger partial charge on any atom is -0.342 e. The molecule has 1 aromatic heterocycles. The number of thioether (sulfide) groups is 1. The van der Waals surface area contributed by atoms with Crippen molar-refractivity contribution in [3.63, 3.8) is 0 Å². The van der Waals surface area contributed by atoms with Gasteiger partial charge in [0.05, 0.1) is 11.8 Å². The first kappa shape index (κ1) is 24.2. The number of nitrogens with one attached hydrogen (secondary N) is 2. The molecular formula is C23H26IN5O2S. The lowest BCUT2D eigenvalue weighted by Gasteiger charge is -2.15. The predicted octanol–water partition coefficient (Wildman–Crippen LogP) is 4.57. The molecule has 9 heteroatoms. The number of benzene rings is 2. The fourth-order valence-corrected chi connectivity index (χ4v) is 5.06. The largest absolute Gasteiger partial charge is 0.342 e. The average Bonchev–Trinajstić information content (AvgIpc) is 3.09. The first-order valence-electron chi connectivity index (χ1n) is 10.1. The summed E-state index contributed by atoms with van der Waals surface area (Å²) in [7, 11) is 1.83. The van der Waals surface area contributed by atoms with Gasteiger partial charge in [-0.05, 0) is 85.2 Å². The predicted molar refractivity (Wildman–Crippen MR) is 136 cm³/mol. The molecule has 0 bridgehead atoms. The van der Waals surface area contributed by atoms with Gasteiger partial charge in [-0.1, -0.05) is 30.0 Å². The van der Waals surface area contributed by atoms with Crippen LogP contribution in [0.1, 0.15) is 45.8 Å². The van der Waals surface area contributed by atoms with Crippen LogP contribution < -0.4 is 10.6 Å². The summed E-state index contributed by atoms with van der Waals surface area (Å²) in [6.45, 7) is 7.74. The van der Waals surface area contributed by atoms with Crippen molar-refractivity contribution in [3.05, 3.63) is 68.0 Å². The summed E-state index contributed by atoms with van der Waals surface area (Å²) in [5.41, 5.74) is 4.46. The van der Waals surface area contributed by atoms with E-state index in [4.69, 9.17) is 0 Å².